The molecule has 29 heavy (non-hydrogen) atoms. The van der Waals surface area contributed by atoms with E-state index < -0.39 is 6.67 Å². The van der Waals surface area contributed by atoms with Crippen molar-refractivity contribution in [3.63, 3.8) is 0 Å². The number of hydrogen-bond donors (Lipinski definition) is 0. The zero-order valence-corrected chi connectivity index (χ0v) is 19.1. The molecule has 4 nitrogen and oxygen atoms in total. The molecule has 0 radical (unpaired) electrons. The Kier molecular flexibility index (Phi) is 7.64. The lowest BCUT2D eigenvalue weighted by Crippen LogP contribution is -2.23. The summed E-state index contributed by atoms with van der Waals surface area (Å²) in [5.74, 6) is 0.810. The van der Waals surface area contributed by atoms with Gasteiger partial charge in [-0.1, -0.05) is 12.1 Å². The van der Waals surface area contributed by atoms with E-state index in [1.54, 1.807) is 18.4 Å². The molecule has 1 heterocycles. The van der Waals surface area contributed by atoms with Crippen LogP contribution in [0.2, 0.25) is 0 Å². The van der Waals surface area contributed by atoms with Crippen LogP contribution in [0.5, 0.6) is 5.75 Å². The number of likely N-dealkylation sites (N-methyl/N-ethyl adjacent to an activating group) is 1. The number of ether oxygens (including phenoxy) is 2. The van der Waals surface area contributed by atoms with Crippen molar-refractivity contribution in [2.45, 2.75) is 6.92 Å². The van der Waals surface area contributed by atoms with Gasteiger partial charge in [-0.25, -0.2) is 9.37 Å². The molecule has 3 rings (SSSR count). The smallest absolute Gasteiger partial charge is 0.133 e. The van der Waals surface area contributed by atoms with Crippen LogP contribution in [0.3, 0.4) is 0 Å². The standard InChI is InChI=1S/C22H24BrFN2O2S/c1-15-12-18-21(14-19(15)26(2)9-11-28-10-8-24)29-22(25-18)7-5-16-4-6-20(27-3)17(23)13-16/h4-7,12-14H,8-11H2,1-3H3/b7-5+. The molecule has 0 fully saturated rings. The summed E-state index contributed by atoms with van der Waals surface area (Å²) in [5, 5.41) is 0.956. The highest BCUT2D eigenvalue weighted by Gasteiger charge is 2.10. The van der Waals surface area contributed by atoms with E-state index in [4.69, 9.17) is 14.5 Å². The summed E-state index contributed by atoms with van der Waals surface area (Å²) in [4.78, 5) is 6.88. The molecule has 0 atom stereocenters. The molecule has 0 spiro atoms. The van der Waals surface area contributed by atoms with Crippen LogP contribution in [0.4, 0.5) is 10.1 Å². The van der Waals surface area contributed by atoms with Gasteiger partial charge in [0, 0.05) is 19.3 Å². The SMILES string of the molecule is COc1ccc(/C=C/c2nc3cc(C)c(N(C)CCOCCF)cc3s2)cc1Br. The Bertz CT molecular complexity index is 1010. The largest absolute Gasteiger partial charge is 0.496 e. The van der Waals surface area contributed by atoms with Gasteiger partial charge in [-0.2, -0.15) is 0 Å². The average molecular weight is 479 g/mol. The molecule has 0 amide bonds. The first-order valence-corrected chi connectivity index (χ1v) is 10.9. The number of alkyl halides is 1. The van der Waals surface area contributed by atoms with Crippen LogP contribution in [0.25, 0.3) is 22.4 Å². The Morgan fingerprint density at radius 1 is 1.21 bits per heavy atom. The van der Waals surface area contributed by atoms with E-state index in [0.29, 0.717) is 13.2 Å². The van der Waals surface area contributed by atoms with Crippen molar-refractivity contribution in [3.05, 3.63) is 50.9 Å². The van der Waals surface area contributed by atoms with Crippen LogP contribution in [0.1, 0.15) is 16.1 Å². The third kappa shape index (κ3) is 5.56. The number of aromatic nitrogens is 1. The molecule has 0 saturated heterocycles. The molecular formula is C22H24BrFN2O2S. The van der Waals surface area contributed by atoms with Gasteiger partial charge in [-0.15, -0.1) is 11.3 Å². The molecule has 7 heteroatoms. The second-order valence-electron chi connectivity index (χ2n) is 6.61. The number of methoxy groups -OCH3 is 1. The molecule has 154 valence electrons. The van der Waals surface area contributed by atoms with E-state index in [2.05, 4.69) is 39.9 Å². The van der Waals surface area contributed by atoms with Crippen LogP contribution in [-0.2, 0) is 4.74 Å². The topological polar surface area (TPSA) is 34.6 Å². The van der Waals surface area contributed by atoms with Crippen LogP contribution < -0.4 is 9.64 Å². The third-order valence-corrected chi connectivity index (χ3v) is 6.12. The predicted octanol–water partition coefficient (Wildman–Crippen LogP) is 5.97. The highest BCUT2D eigenvalue weighted by atomic mass is 79.9. The van der Waals surface area contributed by atoms with E-state index in [0.717, 1.165) is 42.3 Å². The summed E-state index contributed by atoms with van der Waals surface area (Å²) in [5.41, 5.74) is 4.36. The molecule has 0 saturated carbocycles. The van der Waals surface area contributed by atoms with Crippen LogP contribution in [0.15, 0.2) is 34.8 Å². The van der Waals surface area contributed by atoms with Crippen molar-refractivity contribution < 1.29 is 13.9 Å². The summed E-state index contributed by atoms with van der Waals surface area (Å²) in [7, 11) is 3.68. The summed E-state index contributed by atoms with van der Waals surface area (Å²) < 4.78 is 24.7. The van der Waals surface area contributed by atoms with Crippen molar-refractivity contribution >= 4 is 55.3 Å². The predicted molar refractivity (Wildman–Crippen MR) is 124 cm³/mol. The Hall–Kier alpha value is -1.96. The zero-order valence-electron chi connectivity index (χ0n) is 16.7. The van der Waals surface area contributed by atoms with Crippen molar-refractivity contribution in [1.82, 2.24) is 4.98 Å². The Morgan fingerprint density at radius 2 is 2.03 bits per heavy atom. The Labute approximate surface area is 183 Å². The fourth-order valence-corrected chi connectivity index (χ4v) is 4.44. The Morgan fingerprint density at radius 3 is 2.76 bits per heavy atom. The monoisotopic (exact) mass is 478 g/mol. The molecule has 1 aromatic heterocycles. The van der Waals surface area contributed by atoms with E-state index in [1.807, 2.05) is 37.4 Å². The molecule has 0 N–H and O–H groups in total. The van der Waals surface area contributed by atoms with Gasteiger partial charge in [0.25, 0.3) is 0 Å². The van der Waals surface area contributed by atoms with Crippen molar-refractivity contribution in [2.24, 2.45) is 0 Å². The summed E-state index contributed by atoms with van der Waals surface area (Å²) in [6.07, 6.45) is 4.08. The number of rotatable bonds is 9. The van der Waals surface area contributed by atoms with E-state index in [1.165, 1.54) is 0 Å². The first-order valence-electron chi connectivity index (χ1n) is 9.29. The minimum absolute atomic E-state index is 0.154. The first-order chi connectivity index (χ1) is 14.0. The third-order valence-electron chi connectivity index (χ3n) is 4.52. The number of halogens is 2. The van der Waals surface area contributed by atoms with E-state index in [-0.39, 0.29) is 6.61 Å². The minimum Gasteiger partial charge on any atom is -0.496 e. The quantitative estimate of drug-likeness (QED) is 0.355. The van der Waals surface area contributed by atoms with Gasteiger partial charge in [-0.05, 0) is 64.3 Å². The van der Waals surface area contributed by atoms with E-state index >= 15 is 0 Å². The second-order valence-corrected chi connectivity index (χ2v) is 8.53. The second kappa shape index (κ2) is 10.2. The molecule has 0 aliphatic carbocycles. The van der Waals surface area contributed by atoms with Gasteiger partial charge >= 0.3 is 0 Å². The minimum atomic E-state index is -0.445. The lowest BCUT2D eigenvalue weighted by Gasteiger charge is -2.21. The fourth-order valence-electron chi connectivity index (χ4n) is 3.00. The summed E-state index contributed by atoms with van der Waals surface area (Å²) in [6.45, 7) is 3.01. The number of benzene rings is 2. The van der Waals surface area contributed by atoms with Crippen molar-refractivity contribution in [3.8, 4) is 5.75 Å². The van der Waals surface area contributed by atoms with Crippen molar-refractivity contribution in [2.75, 3.05) is 45.5 Å². The molecule has 2 aromatic carbocycles. The van der Waals surface area contributed by atoms with Gasteiger partial charge < -0.3 is 14.4 Å². The molecule has 0 aliphatic rings. The Balaban J connectivity index is 1.76. The molecular weight excluding hydrogens is 455 g/mol. The van der Waals surface area contributed by atoms with Crippen molar-refractivity contribution in [1.29, 1.82) is 0 Å². The first kappa shape index (κ1) is 21.7. The van der Waals surface area contributed by atoms with Gasteiger partial charge in [0.05, 0.1) is 35.0 Å². The molecule has 0 bridgehead atoms. The number of aryl methyl sites for hydroxylation is 1. The lowest BCUT2D eigenvalue weighted by molar-refractivity contribution is 0.125. The zero-order chi connectivity index (χ0) is 20.8. The normalized spacial score (nSPS) is 11.5. The van der Waals surface area contributed by atoms with Crippen LogP contribution >= 0.6 is 27.3 Å². The van der Waals surface area contributed by atoms with E-state index in [9.17, 15) is 4.39 Å². The van der Waals surface area contributed by atoms with Crippen LogP contribution in [0, 0.1) is 6.92 Å². The maximum Gasteiger partial charge on any atom is 0.133 e. The number of nitrogens with zero attached hydrogens (tertiary/aromatic N) is 2. The number of thiazole rings is 1. The summed E-state index contributed by atoms with van der Waals surface area (Å²) in [6, 6.07) is 10.2. The van der Waals surface area contributed by atoms with Gasteiger partial charge in [-0.3, -0.25) is 0 Å². The highest BCUT2D eigenvalue weighted by molar-refractivity contribution is 9.10. The fraction of sp³-hybridized carbons (Fsp3) is 0.318. The van der Waals surface area contributed by atoms with Gasteiger partial charge in [0.1, 0.15) is 17.4 Å². The lowest BCUT2D eigenvalue weighted by atomic mass is 10.1. The molecule has 3 aromatic rings. The number of hydrogen-bond acceptors (Lipinski definition) is 5. The van der Waals surface area contributed by atoms with Crippen LogP contribution in [-0.4, -0.2) is 45.6 Å². The maximum atomic E-state index is 12.1. The van der Waals surface area contributed by atoms with Gasteiger partial charge in [0.15, 0.2) is 0 Å². The number of anilines is 1. The average Bonchev–Trinajstić information content (AvgIpc) is 3.10. The molecule has 0 unspecified atom stereocenters. The number of fused-ring (bicyclic) bond motifs is 1. The highest BCUT2D eigenvalue weighted by Crippen LogP contribution is 2.31. The molecule has 0 aliphatic heterocycles. The maximum absolute atomic E-state index is 12.1. The summed E-state index contributed by atoms with van der Waals surface area (Å²) >= 11 is 5.17. The van der Waals surface area contributed by atoms with Gasteiger partial charge in [0.2, 0.25) is 0 Å².